The third-order valence-corrected chi connectivity index (χ3v) is 3.27. The number of carbonyl (C=O) groups excluding carboxylic acids is 1. The third-order valence-electron chi connectivity index (χ3n) is 3.27. The van der Waals surface area contributed by atoms with Gasteiger partial charge >= 0.3 is 6.18 Å². The van der Waals surface area contributed by atoms with Crippen LogP contribution in [0.15, 0.2) is 0 Å². The molecule has 19 heavy (non-hydrogen) atoms. The topological polar surface area (TPSA) is 70.7 Å². The van der Waals surface area contributed by atoms with E-state index in [-0.39, 0.29) is 18.7 Å². The molecule has 8 heteroatoms. The Bertz CT molecular complexity index is 457. The van der Waals surface area contributed by atoms with Crippen LogP contribution in [0.3, 0.4) is 0 Å². The van der Waals surface area contributed by atoms with Gasteiger partial charge in [-0.2, -0.15) is 13.2 Å². The Morgan fingerprint density at radius 1 is 1.42 bits per heavy atom. The van der Waals surface area contributed by atoms with Crippen LogP contribution in [0, 0.1) is 12.8 Å². The van der Waals surface area contributed by atoms with E-state index in [1.165, 1.54) is 0 Å². The Labute approximate surface area is 108 Å². The molecular formula is C11H15F3N4O. The lowest BCUT2D eigenvalue weighted by Gasteiger charge is -2.30. The van der Waals surface area contributed by atoms with Gasteiger partial charge in [0.05, 0.1) is 5.92 Å². The van der Waals surface area contributed by atoms with Crippen molar-refractivity contribution in [1.29, 1.82) is 0 Å². The molecular weight excluding hydrogens is 261 g/mol. The summed E-state index contributed by atoms with van der Waals surface area (Å²) in [6, 6.07) is -0.466. The largest absolute Gasteiger partial charge is 0.391 e. The van der Waals surface area contributed by atoms with Gasteiger partial charge in [-0.25, -0.2) is 4.98 Å². The molecule has 1 aromatic rings. The Balaban J connectivity index is 1.94. The quantitative estimate of drug-likeness (QED) is 0.867. The summed E-state index contributed by atoms with van der Waals surface area (Å²) in [6.07, 6.45) is -3.11. The predicted octanol–water partition coefficient (Wildman–Crippen LogP) is 1.96. The van der Waals surface area contributed by atoms with E-state index in [2.05, 4.69) is 20.5 Å². The molecule has 2 rings (SSSR count). The molecule has 1 aromatic heterocycles. The Morgan fingerprint density at radius 3 is 2.74 bits per heavy atom. The molecule has 106 valence electrons. The fraction of sp³-hybridized carbons (Fsp3) is 0.727. The molecule has 1 heterocycles. The Morgan fingerprint density at radius 2 is 2.16 bits per heavy atom. The van der Waals surface area contributed by atoms with Crippen molar-refractivity contribution in [2.75, 3.05) is 0 Å². The van der Waals surface area contributed by atoms with E-state index < -0.39 is 24.0 Å². The van der Waals surface area contributed by atoms with Crippen molar-refractivity contribution in [3.8, 4) is 0 Å². The summed E-state index contributed by atoms with van der Waals surface area (Å²) in [7, 11) is 0. The fourth-order valence-corrected chi connectivity index (χ4v) is 2.31. The zero-order valence-corrected chi connectivity index (χ0v) is 10.4. The lowest BCUT2D eigenvalue weighted by molar-refractivity contribution is -0.183. The zero-order chi connectivity index (χ0) is 14.0. The SMILES string of the molecule is Cc1nc(C(=O)NC2CCCC(C(F)(F)F)C2)n[nH]1. The molecule has 1 amide bonds. The highest BCUT2D eigenvalue weighted by molar-refractivity contribution is 5.90. The van der Waals surface area contributed by atoms with Gasteiger partial charge in [0.15, 0.2) is 0 Å². The molecule has 1 fully saturated rings. The maximum atomic E-state index is 12.6. The first kappa shape index (κ1) is 13.8. The number of alkyl halides is 3. The van der Waals surface area contributed by atoms with Crippen LogP contribution in [-0.4, -0.2) is 33.3 Å². The molecule has 5 nitrogen and oxygen atoms in total. The number of H-pyrrole nitrogens is 1. The third kappa shape index (κ3) is 3.45. The number of halogens is 3. The molecule has 0 bridgehead atoms. The first-order valence-corrected chi connectivity index (χ1v) is 6.13. The average Bonchev–Trinajstić information content (AvgIpc) is 2.75. The van der Waals surface area contributed by atoms with Gasteiger partial charge in [-0.1, -0.05) is 6.42 Å². The maximum Gasteiger partial charge on any atom is 0.391 e. The van der Waals surface area contributed by atoms with Gasteiger partial charge in [0.2, 0.25) is 5.82 Å². The minimum atomic E-state index is -4.19. The summed E-state index contributed by atoms with van der Waals surface area (Å²) in [5.41, 5.74) is 0. The van der Waals surface area contributed by atoms with E-state index in [0.717, 1.165) is 0 Å². The number of carbonyl (C=O) groups is 1. The van der Waals surface area contributed by atoms with Crippen molar-refractivity contribution in [2.24, 2.45) is 5.92 Å². The number of nitrogens with zero attached hydrogens (tertiary/aromatic N) is 2. The predicted molar refractivity (Wildman–Crippen MR) is 60.4 cm³/mol. The van der Waals surface area contributed by atoms with Gasteiger partial charge < -0.3 is 5.32 Å². The summed E-state index contributed by atoms with van der Waals surface area (Å²) in [5.74, 6) is -1.41. The molecule has 1 aliphatic carbocycles. The number of aromatic nitrogens is 3. The number of aromatic amines is 1. The normalized spacial score (nSPS) is 24.2. The number of nitrogens with one attached hydrogen (secondary N) is 2. The highest BCUT2D eigenvalue weighted by Gasteiger charge is 2.42. The van der Waals surface area contributed by atoms with Gasteiger partial charge in [-0.3, -0.25) is 9.89 Å². The molecule has 1 saturated carbocycles. The van der Waals surface area contributed by atoms with Crippen LogP contribution in [0.25, 0.3) is 0 Å². The molecule has 0 saturated heterocycles. The lowest BCUT2D eigenvalue weighted by Crippen LogP contribution is -2.41. The van der Waals surface area contributed by atoms with Crippen LogP contribution < -0.4 is 5.32 Å². The van der Waals surface area contributed by atoms with Crippen molar-refractivity contribution in [2.45, 2.75) is 44.8 Å². The van der Waals surface area contributed by atoms with E-state index in [4.69, 9.17) is 0 Å². The molecule has 2 N–H and O–H groups in total. The first-order valence-electron chi connectivity index (χ1n) is 6.13. The van der Waals surface area contributed by atoms with Crippen molar-refractivity contribution in [1.82, 2.24) is 20.5 Å². The van der Waals surface area contributed by atoms with Gasteiger partial charge in [-0.05, 0) is 26.2 Å². The van der Waals surface area contributed by atoms with Crippen LogP contribution in [0.5, 0.6) is 0 Å². The second kappa shape index (κ2) is 5.18. The van der Waals surface area contributed by atoms with E-state index in [0.29, 0.717) is 18.7 Å². The number of amides is 1. The number of rotatable bonds is 2. The molecule has 0 aliphatic heterocycles. The average molecular weight is 276 g/mol. The van der Waals surface area contributed by atoms with Crippen molar-refractivity contribution in [3.05, 3.63) is 11.6 Å². The van der Waals surface area contributed by atoms with Crippen molar-refractivity contribution < 1.29 is 18.0 Å². The van der Waals surface area contributed by atoms with E-state index in [9.17, 15) is 18.0 Å². The molecule has 1 aliphatic rings. The molecule has 2 unspecified atom stereocenters. The number of hydrogen-bond donors (Lipinski definition) is 2. The lowest BCUT2D eigenvalue weighted by atomic mass is 9.85. The maximum absolute atomic E-state index is 12.6. The number of aryl methyl sites for hydroxylation is 1. The van der Waals surface area contributed by atoms with Gasteiger partial charge in [0, 0.05) is 6.04 Å². The standard InChI is InChI=1S/C11H15F3N4O/c1-6-15-9(18-17-6)10(19)16-8-4-2-3-7(5-8)11(12,13)14/h7-8H,2-5H2,1H3,(H,16,19)(H,15,17,18). The Kier molecular flexibility index (Phi) is 3.77. The second-order valence-electron chi connectivity index (χ2n) is 4.82. The molecule has 2 atom stereocenters. The smallest absolute Gasteiger partial charge is 0.347 e. The van der Waals surface area contributed by atoms with E-state index in [1.807, 2.05) is 0 Å². The highest BCUT2D eigenvalue weighted by atomic mass is 19.4. The second-order valence-corrected chi connectivity index (χ2v) is 4.82. The zero-order valence-electron chi connectivity index (χ0n) is 10.4. The van der Waals surface area contributed by atoms with Gasteiger partial charge in [0.25, 0.3) is 5.91 Å². The molecule has 0 aromatic carbocycles. The first-order chi connectivity index (χ1) is 8.86. The minimum Gasteiger partial charge on any atom is -0.347 e. The van der Waals surface area contributed by atoms with Crippen LogP contribution in [0.4, 0.5) is 13.2 Å². The van der Waals surface area contributed by atoms with E-state index in [1.54, 1.807) is 6.92 Å². The summed E-state index contributed by atoms with van der Waals surface area (Å²) >= 11 is 0. The summed E-state index contributed by atoms with van der Waals surface area (Å²) < 4.78 is 37.9. The minimum absolute atomic E-state index is 0.0355. The van der Waals surface area contributed by atoms with Crippen LogP contribution in [0.1, 0.15) is 42.1 Å². The summed E-state index contributed by atoms with van der Waals surface area (Å²) in [4.78, 5) is 15.6. The monoisotopic (exact) mass is 276 g/mol. The van der Waals surface area contributed by atoms with Crippen LogP contribution in [-0.2, 0) is 0 Å². The molecule has 0 spiro atoms. The highest BCUT2D eigenvalue weighted by Crippen LogP contribution is 2.37. The van der Waals surface area contributed by atoms with Crippen LogP contribution in [0.2, 0.25) is 0 Å². The summed E-state index contributed by atoms with van der Waals surface area (Å²) in [5, 5.41) is 8.76. The van der Waals surface area contributed by atoms with Crippen molar-refractivity contribution >= 4 is 5.91 Å². The van der Waals surface area contributed by atoms with Crippen LogP contribution >= 0.6 is 0 Å². The Hall–Kier alpha value is -1.60. The van der Waals surface area contributed by atoms with E-state index >= 15 is 0 Å². The number of hydrogen-bond acceptors (Lipinski definition) is 3. The van der Waals surface area contributed by atoms with Crippen molar-refractivity contribution in [3.63, 3.8) is 0 Å². The van der Waals surface area contributed by atoms with Gasteiger partial charge in [-0.15, -0.1) is 5.10 Å². The van der Waals surface area contributed by atoms with Gasteiger partial charge in [0.1, 0.15) is 5.82 Å². The summed E-state index contributed by atoms with van der Waals surface area (Å²) in [6.45, 7) is 1.64. The fourth-order valence-electron chi connectivity index (χ4n) is 2.31. The molecule has 0 radical (unpaired) electrons.